The van der Waals surface area contributed by atoms with Crippen molar-refractivity contribution < 1.29 is 4.79 Å². The molecule has 0 fully saturated rings. The summed E-state index contributed by atoms with van der Waals surface area (Å²) < 4.78 is 0. The van der Waals surface area contributed by atoms with E-state index >= 15 is 0 Å². The Hall–Kier alpha value is -3.21. The summed E-state index contributed by atoms with van der Waals surface area (Å²) in [6.45, 7) is 0. The van der Waals surface area contributed by atoms with Gasteiger partial charge in [0.1, 0.15) is 5.70 Å². The highest BCUT2D eigenvalue weighted by molar-refractivity contribution is 6.33. The molecule has 0 aliphatic carbocycles. The summed E-state index contributed by atoms with van der Waals surface area (Å²) in [6, 6.07) is 24.0. The molecule has 0 aromatic heterocycles. The average molecular weight is 420 g/mol. The van der Waals surface area contributed by atoms with Gasteiger partial charge in [-0.25, -0.2) is 4.99 Å². The van der Waals surface area contributed by atoms with Crippen LogP contribution in [-0.2, 0) is 4.79 Å². The summed E-state index contributed by atoms with van der Waals surface area (Å²) in [7, 11) is 0. The molecule has 1 aliphatic heterocycles. The summed E-state index contributed by atoms with van der Waals surface area (Å²) >= 11 is 12.4. The normalized spacial score (nSPS) is 15.4. The van der Waals surface area contributed by atoms with E-state index in [1.54, 1.807) is 24.4 Å². The van der Waals surface area contributed by atoms with E-state index in [9.17, 15) is 4.79 Å². The van der Waals surface area contributed by atoms with E-state index in [-0.39, 0.29) is 11.6 Å². The van der Waals surface area contributed by atoms with Gasteiger partial charge < -0.3 is 0 Å². The second kappa shape index (κ2) is 8.43. The Bertz CT molecular complexity index is 1150. The second-order valence-electron chi connectivity index (χ2n) is 6.24. The first-order chi connectivity index (χ1) is 14.1. The Morgan fingerprint density at radius 3 is 2.03 bits per heavy atom. The van der Waals surface area contributed by atoms with Crippen LogP contribution in [0.2, 0.25) is 10.0 Å². The number of amides is 1. The van der Waals surface area contributed by atoms with E-state index in [0.29, 0.717) is 27.0 Å². The summed E-state index contributed by atoms with van der Waals surface area (Å²) in [5.74, 6) is 0.101. The molecule has 1 amide bonds. The topological polar surface area (TPSA) is 45.0 Å². The highest BCUT2D eigenvalue weighted by atomic mass is 35.5. The van der Waals surface area contributed by atoms with Crippen molar-refractivity contribution in [3.05, 3.63) is 111 Å². The number of hydrogen-bond acceptors (Lipinski definition) is 3. The van der Waals surface area contributed by atoms with Crippen molar-refractivity contribution in [2.24, 2.45) is 10.1 Å². The lowest BCUT2D eigenvalue weighted by Crippen LogP contribution is -2.27. The number of nitrogens with zero attached hydrogens (tertiary/aromatic N) is 3. The summed E-state index contributed by atoms with van der Waals surface area (Å²) in [5, 5.41) is 6.75. The van der Waals surface area contributed by atoms with E-state index < -0.39 is 0 Å². The fourth-order valence-electron chi connectivity index (χ4n) is 2.83. The lowest BCUT2D eigenvalue weighted by atomic mass is 10.2. The summed E-state index contributed by atoms with van der Waals surface area (Å²) in [5.41, 5.74) is 2.46. The Morgan fingerprint density at radius 1 is 0.793 bits per heavy atom. The standard InChI is InChI=1S/C23H15Cl2N3O/c24-19-12-6-4-10-17(19)14-21-23(29)28(22(27-21)16-8-2-1-3-9-16)26-15-18-11-5-7-13-20(18)25/h1-15H/b21-14-,26-15+. The molecule has 6 heteroatoms. The molecule has 4 nitrogen and oxygen atoms in total. The molecule has 3 aromatic carbocycles. The Balaban J connectivity index is 1.76. The van der Waals surface area contributed by atoms with Crippen molar-refractivity contribution >= 4 is 47.2 Å². The molecule has 4 rings (SSSR count). The van der Waals surface area contributed by atoms with Crippen LogP contribution in [0.15, 0.2) is 94.7 Å². The quantitative estimate of drug-likeness (QED) is 0.397. The molecule has 0 atom stereocenters. The zero-order chi connectivity index (χ0) is 20.2. The molecule has 0 N–H and O–H groups in total. The third kappa shape index (κ3) is 4.14. The first-order valence-corrected chi connectivity index (χ1v) is 9.62. The predicted octanol–water partition coefficient (Wildman–Crippen LogP) is 5.66. The smallest absolute Gasteiger partial charge is 0.265 e. The van der Waals surface area contributed by atoms with Crippen LogP contribution in [0.1, 0.15) is 16.7 Å². The molecule has 0 saturated carbocycles. The molecule has 1 aliphatic rings. The molecular weight excluding hydrogens is 405 g/mol. The fraction of sp³-hybridized carbons (Fsp3) is 0. The van der Waals surface area contributed by atoms with Crippen molar-refractivity contribution in [1.29, 1.82) is 0 Å². The van der Waals surface area contributed by atoms with Gasteiger partial charge in [0.15, 0.2) is 5.84 Å². The van der Waals surface area contributed by atoms with Crippen LogP contribution in [0.4, 0.5) is 0 Å². The lowest BCUT2D eigenvalue weighted by molar-refractivity contribution is -0.122. The number of amidine groups is 1. The van der Waals surface area contributed by atoms with Gasteiger partial charge >= 0.3 is 0 Å². The first-order valence-electron chi connectivity index (χ1n) is 8.87. The van der Waals surface area contributed by atoms with E-state index in [1.165, 1.54) is 5.01 Å². The molecule has 29 heavy (non-hydrogen) atoms. The predicted molar refractivity (Wildman–Crippen MR) is 118 cm³/mol. The minimum absolute atomic E-state index is 0.258. The van der Waals surface area contributed by atoms with Crippen molar-refractivity contribution in [3.63, 3.8) is 0 Å². The van der Waals surface area contributed by atoms with E-state index in [2.05, 4.69) is 10.1 Å². The van der Waals surface area contributed by atoms with Gasteiger partial charge in [0.25, 0.3) is 5.91 Å². The van der Waals surface area contributed by atoms with Gasteiger partial charge in [-0.1, -0.05) is 89.9 Å². The van der Waals surface area contributed by atoms with Crippen LogP contribution in [-0.4, -0.2) is 23.0 Å². The molecule has 0 saturated heterocycles. The van der Waals surface area contributed by atoms with Gasteiger partial charge in [-0.2, -0.15) is 10.1 Å². The highest BCUT2D eigenvalue weighted by Crippen LogP contribution is 2.25. The van der Waals surface area contributed by atoms with E-state index in [0.717, 1.165) is 5.56 Å². The molecule has 3 aromatic rings. The van der Waals surface area contributed by atoms with Gasteiger partial charge in [0, 0.05) is 21.2 Å². The van der Waals surface area contributed by atoms with Crippen molar-refractivity contribution in [2.75, 3.05) is 0 Å². The summed E-state index contributed by atoms with van der Waals surface area (Å²) in [4.78, 5) is 17.6. The molecule has 0 spiro atoms. The van der Waals surface area contributed by atoms with Gasteiger partial charge in [0.2, 0.25) is 0 Å². The van der Waals surface area contributed by atoms with Gasteiger partial charge in [0.05, 0.1) is 6.21 Å². The Labute approximate surface area is 178 Å². The number of rotatable bonds is 4. The van der Waals surface area contributed by atoms with Crippen molar-refractivity contribution in [2.45, 2.75) is 0 Å². The minimum atomic E-state index is -0.341. The van der Waals surface area contributed by atoms with E-state index in [1.807, 2.05) is 66.7 Å². The van der Waals surface area contributed by atoms with Crippen LogP contribution in [0.5, 0.6) is 0 Å². The number of hydrogen-bond donors (Lipinski definition) is 0. The molecular formula is C23H15Cl2N3O. The molecule has 0 radical (unpaired) electrons. The zero-order valence-electron chi connectivity index (χ0n) is 15.2. The zero-order valence-corrected chi connectivity index (χ0v) is 16.7. The maximum Gasteiger partial charge on any atom is 0.298 e. The third-order valence-electron chi connectivity index (χ3n) is 4.29. The molecule has 1 heterocycles. The van der Waals surface area contributed by atoms with Crippen molar-refractivity contribution in [3.8, 4) is 0 Å². The monoisotopic (exact) mass is 419 g/mol. The molecule has 0 bridgehead atoms. The van der Waals surface area contributed by atoms with Crippen LogP contribution >= 0.6 is 23.2 Å². The Morgan fingerprint density at radius 2 is 1.38 bits per heavy atom. The SMILES string of the molecule is O=C1/C(=C/c2ccccc2Cl)N=C(c2ccccc2)N1/N=C/c1ccccc1Cl. The highest BCUT2D eigenvalue weighted by Gasteiger charge is 2.31. The third-order valence-corrected chi connectivity index (χ3v) is 4.97. The second-order valence-corrected chi connectivity index (χ2v) is 7.05. The van der Waals surface area contributed by atoms with Crippen LogP contribution in [0.3, 0.4) is 0 Å². The first kappa shape index (κ1) is 19.1. The average Bonchev–Trinajstić information content (AvgIpc) is 3.05. The fourth-order valence-corrected chi connectivity index (χ4v) is 3.20. The van der Waals surface area contributed by atoms with Gasteiger partial charge in [-0.05, 0) is 23.8 Å². The summed E-state index contributed by atoms with van der Waals surface area (Å²) in [6.07, 6.45) is 3.22. The number of carbonyl (C=O) groups excluding carboxylic acids is 1. The van der Waals surface area contributed by atoms with E-state index in [4.69, 9.17) is 23.2 Å². The van der Waals surface area contributed by atoms with Crippen molar-refractivity contribution in [1.82, 2.24) is 5.01 Å². The van der Waals surface area contributed by atoms with Crippen LogP contribution in [0, 0.1) is 0 Å². The number of benzene rings is 3. The van der Waals surface area contributed by atoms with Gasteiger partial charge in [-0.15, -0.1) is 0 Å². The van der Waals surface area contributed by atoms with Crippen LogP contribution in [0.25, 0.3) is 6.08 Å². The maximum absolute atomic E-state index is 13.1. The molecule has 142 valence electrons. The number of carbonyl (C=O) groups is 1. The maximum atomic E-state index is 13.1. The number of halogens is 2. The largest absolute Gasteiger partial charge is 0.298 e. The van der Waals surface area contributed by atoms with Crippen LogP contribution < -0.4 is 0 Å². The number of hydrazone groups is 1. The number of aliphatic imine (C=N–C) groups is 1. The Kier molecular flexibility index (Phi) is 5.56. The van der Waals surface area contributed by atoms with Gasteiger partial charge in [-0.3, -0.25) is 4.79 Å². The minimum Gasteiger partial charge on any atom is -0.265 e. The lowest BCUT2D eigenvalue weighted by Gasteiger charge is -2.12. The molecule has 0 unspecified atom stereocenters.